The molecule has 0 spiro atoms. The lowest BCUT2D eigenvalue weighted by molar-refractivity contribution is 1.02. The van der Waals surface area contributed by atoms with Crippen LogP contribution in [0.3, 0.4) is 0 Å². The number of rotatable bonds is 2. The van der Waals surface area contributed by atoms with Crippen molar-refractivity contribution < 1.29 is 0 Å². The summed E-state index contributed by atoms with van der Waals surface area (Å²) in [4.78, 5) is 19.7. The Kier molecular flexibility index (Phi) is 4.69. The van der Waals surface area contributed by atoms with Crippen molar-refractivity contribution in [3.63, 3.8) is 0 Å². The summed E-state index contributed by atoms with van der Waals surface area (Å²) in [5, 5.41) is 7.12. The second kappa shape index (κ2) is 8.64. The van der Waals surface area contributed by atoms with E-state index in [1.54, 1.807) is 17.7 Å². The lowest BCUT2D eigenvalue weighted by Crippen LogP contribution is -2.03. The van der Waals surface area contributed by atoms with Crippen LogP contribution in [0.4, 0.5) is 0 Å². The van der Waals surface area contributed by atoms with Crippen molar-refractivity contribution in [3.8, 4) is 17.2 Å². The van der Waals surface area contributed by atoms with Gasteiger partial charge in [0.1, 0.15) is 6.33 Å². The third-order valence-corrected chi connectivity index (χ3v) is 10.7. The summed E-state index contributed by atoms with van der Waals surface area (Å²) in [5.41, 5.74) is 6.15. The number of fused-ring (bicyclic) bond motifs is 13. The average Bonchev–Trinajstić information content (AvgIpc) is 3.74. The largest absolute Gasteiger partial charge is 0.276 e. The molecule has 5 nitrogen and oxygen atoms in total. The van der Waals surface area contributed by atoms with Gasteiger partial charge in [-0.15, -0.1) is 22.7 Å². The minimum atomic E-state index is 0.669. The summed E-state index contributed by atoms with van der Waals surface area (Å²) in [6.07, 6.45) is 3.60. The van der Waals surface area contributed by atoms with Crippen molar-refractivity contribution in [1.82, 2.24) is 24.5 Å². The molecule has 200 valence electrons. The van der Waals surface area contributed by atoms with Gasteiger partial charge in [0.05, 0.1) is 37.2 Å². The SMILES string of the molecule is c1ccc(-c2nc(-n3c4ccccc4c4c5sc6cncnc6c5c5c6ccccc6sc5c43)nc3ccccc23)cc1. The third kappa shape index (κ3) is 3.15. The van der Waals surface area contributed by atoms with E-state index in [1.165, 1.54) is 41.0 Å². The number of thiophene rings is 2. The Labute approximate surface area is 252 Å². The van der Waals surface area contributed by atoms with E-state index in [-0.39, 0.29) is 0 Å². The zero-order chi connectivity index (χ0) is 28.1. The lowest BCUT2D eigenvalue weighted by Gasteiger charge is -2.12. The van der Waals surface area contributed by atoms with Crippen LogP contribution in [-0.4, -0.2) is 24.5 Å². The van der Waals surface area contributed by atoms with Gasteiger partial charge in [0.2, 0.25) is 5.95 Å². The van der Waals surface area contributed by atoms with E-state index in [9.17, 15) is 0 Å². The summed E-state index contributed by atoms with van der Waals surface area (Å²) < 4.78 is 7.07. The quantitative estimate of drug-likeness (QED) is 0.203. The van der Waals surface area contributed by atoms with Crippen LogP contribution >= 0.6 is 22.7 Å². The number of nitrogens with zero attached hydrogens (tertiary/aromatic N) is 5. The Morgan fingerprint density at radius 2 is 1.33 bits per heavy atom. The molecule has 0 radical (unpaired) electrons. The van der Waals surface area contributed by atoms with E-state index in [0.717, 1.165) is 43.4 Å². The first-order valence-corrected chi connectivity index (χ1v) is 15.7. The average molecular weight is 586 g/mol. The topological polar surface area (TPSA) is 56.5 Å². The Morgan fingerprint density at radius 1 is 0.581 bits per heavy atom. The van der Waals surface area contributed by atoms with Crippen LogP contribution < -0.4 is 0 Å². The van der Waals surface area contributed by atoms with Gasteiger partial charge >= 0.3 is 0 Å². The van der Waals surface area contributed by atoms with Gasteiger partial charge in [0, 0.05) is 53.5 Å². The Hall–Kier alpha value is -5.24. The van der Waals surface area contributed by atoms with Gasteiger partial charge in [-0.3, -0.25) is 4.57 Å². The lowest BCUT2D eigenvalue weighted by atomic mass is 10.0. The molecule has 0 fully saturated rings. The molecule has 5 aromatic carbocycles. The standard InChI is InChI=1S/C36H19N5S2/c1-2-10-20(11-3-1)31-21-12-4-7-15-24(21)39-36(40-31)41-25-16-8-5-13-22(25)29-33(41)35-28(23-14-6-9-17-26(23)42-35)30-32-27(43-34(29)30)18-37-19-38-32/h1-19H. The van der Waals surface area contributed by atoms with Gasteiger partial charge in [0.15, 0.2) is 0 Å². The number of para-hydroxylation sites is 2. The highest BCUT2D eigenvalue weighted by atomic mass is 32.1. The second-order valence-electron chi connectivity index (χ2n) is 10.7. The molecule has 0 aliphatic carbocycles. The molecular formula is C36H19N5S2. The Balaban J connectivity index is 1.48. The molecule has 5 aromatic heterocycles. The highest BCUT2D eigenvalue weighted by Crippen LogP contribution is 2.51. The molecule has 43 heavy (non-hydrogen) atoms. The number of hydrogen-bond acceptors (Lipinski definition) is 6. The molecule has 0 saturated carbocycles. The normalized spacial score (nSPS) is 12.2. The highest BCUT2D eigenvalue weighted by Gasteiger charge is 2.26. The molecule has 0 atom stereocenters. The number of aromatic nitrogens is 5. The Bertz CT molecular complexity index is 2740. The first-order chi connectivity index (χ1) is 21.3. The maximum Gasteiger partial charge on any atom is 0.235 e. The second-order valence-corrected chi connectivity index (χ2v) is 12.8. The van der Waals surface area contributed by atoms with Gasteiger partial charge in [0.25, 0.3) is 0 Å². The van der Waals surface area contributed by atoms with Crippen molar-refractivity contribution in [1.29, 1.82) is 0 Å². The molecule has 0 bridgehead atoms. The zero-order valence-electron chi connectivity index (χ0n) is 22.5. The molecule has 10 rings (SSSR count). The molecule has 0 amide bonds. The van der Waals surface area contributed by atoms with Gasteiger partial charge in [-0.05, 0) is 18.2 Å². The zero-order valence-corrected chi connectivity index (χ0v) is 24.2. The van der Waals surface area contributed by atoms with Gasteiger partial charge in [-0.1, -0.05) is 84.9 Å². The molecule has 0 unspecified atom stereocenters. The van der Waals surface area contributed by atoms with Crippen LogP contribution in [0.1, 0.15) is 0 Å². The summed E-state index contributed by atoms with van der Waals surface area (Å²) in [7, 11) is 0. The summed E-state index contributed by atoms with van der Waals surface area (Å²) >= 11 is 3.60. The predicted molar refractivity (Wildman–Crippen MR) is 181 cm³/mol. The minimum absolute atomic E-state index is 0.669. The number of hydrogen-bond donors (Lipinski definition) is 0. The van der Waals surface area contributed by atoms with E-state index >= 15 is 0 Å². The van der Waals surface area contributed by atoms with Gasteiger partial charge in [-0.25, -0.2) is 19.9 Å². The molecule has 10 aromatic rings. The highest BCUT2D eigenvalue weighted by molar-refractivity contribution is 7.29. The first-order valence-electron chi connectivity index (χ1n) is 14.1. The van der Waals surface area contributed by atoms with Crippen molar-refractivity contribution in [2.75, 3.05) is 0 Å². The van der Waals surface area contributed by atoms with Crippen LogP contribution in [-0.2, 0) is 0 Å². The predicted octanol–water partition coefficient (Wildman–Crippen LogP) is 9.92. The van der Waals surface area contributed by atoms with Crippen molar-refractivity contribution >= 4 is 95.9 Å². The van der Waals surface area contributed by atoms with E-state index in [1.807, 2.05) is 29.7 Å². The van der Waals surface area contributed by atoms with E-state index in [2.05, 4.69) is 101 Å². The molecule has 0 N–H and O–H groups in total. The van der Waals surface area contributed by atoms with Crippen LogP contribution in [0, 0.1) is 0 Å². The van der Waals surface area contributed by atoms with E-state index < -0.39 is 0 Å². The monoisotopic (exact) mass is 585 g/mol. The third-order valence-electron chi connectivity index (χ3n) is 8.36. The fourth-order valence-electron chi connectivity index (χ4n) is 6.59. The van der Waals surface area contributed by atoms with Gasteiger partial charge < -0.3 is 0 Å². The molecule has 5 heterocycles. The fourth-order valence-corrected chi connectivity index (χ4v) is 9.03. The summed E-state index contributed by atoms with van der Waals surface area (Å²) in [6.45, 7) is 0. The molecule has 0 aliphatic heterocycles. The summed E-state index contributed by atoms with van der Waals surface area (Å²) in [5.74, 6) is 0.669. The van der Waals surface area contributed by atoms with Crippen LogP contribution in [0.5, 0.6) is 0 Å². The van der Waals surface area contributed by atoms with Crippen LogP contribution in [0.15, 0.2) is 116 Å². The van der Waals surface area contributed by atoms with Crippen molar-refractivity contribution in [3.05, 3.63) is 116 Å². The number of benzene rings is 5. The summed E-state index contributed by atoms with van der Waals surface area (Å²) in [6, 6.07) is 36.0. The molecule has 7 heteroatoms. The molecule has 0 saturated heterocycles. The van der Waals surface area contributed by atoms with Gasteiger partial charge in [-0.2, -0.15) is 0 Å². The molecule has 0 aliphatic rings. The van der Waals surface area contributed by atoms with E-state index in [0.29, 0.717) is 5.95 Å². The van der Waals surface area contributed by atoms with Crippen LogP contribution in [0.25, 0.3) is 90.4 Å². The van der Waals surface area contributed by atoms with E-state index in [4.69, 9.17) is 15.0 Å². The van der Waals surface area contributed by atoms with Crippen molar-refractivity contribution in [2.24, 2.45) is 0 Å². The molecular weight excluding hydrogens is 567 g/mol. The fraction of sp³-hybridized carbons (Fsp3) is 0. The Morgan fingerprint density at radius 3 is 2.23 bits per heavy atom. The van der Waals surface area contributed by atoms with Crippen LogP contribution in [0.2, 0.25) is 0 Å². The van der Waals surface area contributed by atoms with Crippen molar-refractivity contribution in [2.45, 2.75) is 0 Å². The minimum Gasteiger partial charge on any atom is -0.276 e. The maximum atomic E-state index is 5.33. The first kappa shape index (κ1) is 23.3. The smallest absolute Gasteiger partial charge is 0.235 e. The maximum absolute atomic E-state index is 5.33.